The van der Waals surface area contributed by atoms with Gasteiger partial charge >= 0.3 is 5.69 Å². The molecule has 0 spiro atoms. The molecule has 0 bridgehead atoms. The number of fused-ring (bicyclic) bond motifs is 1. The number of hydrogen-bond donors (Lipinski definition) is 1. The zero-order valence-corrected chi connectivity index (χ0v) is 12.7. The van der Waals surface area contributed by atoms with Crippen LogP contribution in [0.4, 0.5) is 0 Å². The van der Waals surface area contributed by atoms with Gasteiger partial charge in [0.2, 0.25) is 10.0 Å². The SMILES string of the molecule is CCCn1c(=O)n(CC(=O)NS(C)(=O)=O)c2ccccc21. The lowest BCUT2D eigenvalue weighted by Gasteiger charge is -2.03. The Morgan fingerprint density at radius 1 is 1.19 bits per heavy atom. The van der Waals surface area contributed by atoms with Crippen LogP contribution >= 0.6 is 0 Å². The van der Waals surface area contributed by atoms with Crippen LogP contribution in [0.5, 0.6) is 0 Å². The molecule has 8 heteroatoms. The first-order valence-electron chi connectivity index (χ1n) is 6.52. The molecule has 1 amide bonds. The van der Waals surface area contributed by atoms with Crippen LogP contribution in [0.15, 0.2) is 29.1 Å². The van der Waals surface area contributed by atoms with Gasteiger partial charge in [0.15, 0.2) is 0 Å². The molecule has 0 atom stereocenters. The number of nitrogens with one attached hydrogen (secondary N) is 1. The summed E-state index contributed by atoms with van der Waals surface area (Å²) in [6, 6.07) is 7.12. The van der Waals surface area contributed by atoms with Crippen molar-refractivity contribution in [1.29, 1.82) is 0 Å². The number of imidazole rings is 1. The van der Waals surface area contributed by atoms with Crippen LogP contribution in [0.2, 0.25) is 0 Å². The molecule has 7 nitrogen and oxygen atoms in total. The summed E-state index contributed by atoms with van der Waals surface area (Å²) in [6.45, 7) is 2.16. The highest BCUT2D eigenvalue weighted by Gasteiger charge is 2.16. The second kappa shape index (κ2) is 5.72. The topological polar surface area (TPSA) is 90.2 Å². The third-order valence-corrected chi connectivity index (χ3v) is 3.57. The fourth-order valence-electron chi connectivity index (χ4n) is 2.25. The molecule has 0 aliphatic rings. The van der Waals surface area contributed by atoms with Gasteiger partial charge in [0.1, 0.15) is 6.54 Å². The summed E-state index contributed by atoms with van der Waals surface area (Å²) in [5.74, 6) is -0.737. The fraction of sp³-hybridized carbons (Fsp3) is 0.385. The van der Waals surface area contributed by atoms with E-state index in [0.717, 1.165) is 18.2 Å². The summed E-state index contributed by atoms with van der Waals surface area (Å²) < 4.78 is 26.9. The van der Waals surface area contributed by atoms with Gasteiger partial charge in [0.05, 0.1) is 17.3 Å². The van der Waals surface area contributed by atoms with Crippen LogP contribution in [0.25, 0.3) is 11.0 Å². The van der Waals surface area contributed by atoms with Gasteiger partial charge in [-0.05, 0) is 18.6 Å². The minimum absolute atomic E-state index is 0.318. The number of hydrogen-bond acceptors (Lipinski definition) is 4. The number of nitrogens with zero attached hydrogens (tertiary/aromatic N) is 2. The average Bonchev–Trinajstić information content (AvgIpc) is 2.63. The number of amides is 1. The minimum Gasteiger partial charge on any atom is -0.292 e. The summed E-state index contributed by atoms with van der Waals surface area (Å²) in [6.07, 6.45) is 1.68. The predicted molar refractivity (Wildman–Crippen MR) is 79.5 cm³/mol. The number of sulfonamides is 1. The molecule has 0 aliphatic heterocycles. The molecule has 2 rings (SSSR count). The number of para-hydroxylation sites is 2. The maximum atomic E-state index is 12.4. The monoisotopic (exact) mass is 311 g/mol. The Morgan fingerprint density at radius 2 is 1.76 bits per heavy atom. The molecule has 0 radical (unpaired) electrons. The van der Waals surface area contributed by atoms with Crippen LogP contribution < -0.4 is 10.4 Å². The van der Waals surface area contributed by atoms with Crippen LogP contribution in [0.1, 0.15) is 13.3 Å². The Labute approximate surface area is 122 Å². The minimum atomic E-state index is -3.63. The van der Waals surface area contributed by atoms with Crippen molar-refractivity contribution in [3.63, 3.8) is 0 Å². The second-order valence-electron chi connectivity index (χ2n) is 4.81. The van der Waals surface area contributed by atoms with E-state index in [-0.39, 0.29) is 12.2 Å². The molecule has 114 valence electrons. The molecule has 0 saturated heterocycles. The number of carbonyl (C=O) groups is 1. The molecule has 1 aromatic carbocycles. The van der Waals surface area contributed by atoms with Crippen molar-refractivity contribution >= 4 is 27.0 Å². The van der Waals surface area contributed by atoms with Crippen molar-refractivity contribution in [2.24, 2.45) is 0 Å². The van der Waals surface area contributed by atoms with E-state index in [4.69, 9.17) is 0 Å². The van der Waals surface area contributed by atoms with Gasteiger partial charge in [-0.2, -0.15) is 0 Å². The summed E-state index contributed by atoms with van der Waals surface area (Å²) >= 11 is 0. The highest BCUT2D eigenvalue weighted by atomic mass is 32.2. The fourth-order valence-corrected chi connectivity index (χ4v) is 2.73. The second-order valence-corrected chi connectivity index (χ2v) is 6.55. The van der Waals surface area contributed by atoms with Crippen molar-refractivity contribution < 1.29 is 13.2 Å². The first kappa shape index (κ1) is 15.3. The van der Waals surface area contributed by atoms with Crippen molar-refractivity contribution in [1.82, 2.24) is 13.9 Å². The summed E-state index contributed by atoms with van der Waals surface area (Å²) in [5.41, 5.74) is 1.03. The zero-order valence-electron chi connectivity index (χ0n) is 11.9. The van der Waals surface area contributed by atoms with E-state index in [0.29, 0.717) is 12.1 Å². The van der Waals surface area contributed by atoms with E-state index >= 15 is 0 Å². The maximum absolute atomic E-state index is 12.4. The van der Waals surface area contributed by atoms with Gasteiger partial charge in [-0.25, -0.2) is 13.2 Å². The predicted octanol–water partition coefficient (Wildman–Crippen LogP) is 0.289. The molecule has 0 aliphatic carbocycles. The van der Waals surface area contributed by atoms with Crippen LogP contribution in [0.3, 0.4) is 0 Å². The van der Waals surface area contributed by atoms with Gasteiger partial charge in [0.25, 0.3) is 5.91 Å². The first-order chi connectivity index (χ1) is 9.83. The molecule has 1 N–H and O–H groups in total. The van der Waals surface area contributed by atoms with E-state index in [2.05, 4.69) is 0 Å². The highest BCUT2D eigenvalue weighted by Crippen LogP contribution is 2.13. The lowest BCUT2D eigenvalue weighted by atomic mass is 10.3. The van der Waals surface area contributed by atoms with Crippen molar-refractivity contribution in [3.05, 3.63) is 34.7 Å². The van der Waals surface area contributed by atoms with E-state index in [1.165, 1.54) is 4.57 Å². The lowest BCUT2D eigenvalue weighted by Crippen LogP contribution is -2.35. The Kier molecular flexibility index (Phi) is 4.17. The molecule has 21 heavy (non-hydrogen) atoms. The third-order valence-electron chi connectivity index (χ3n) is 2.97. The Morgan fingerprint density at radius 3 is 2.29 bits per heavy atom. The largest absolute Gasteiger partial charge is 0.329 e. The van der Waals surface area contributed by atoms with Gasteiger partial charge in [-0.1, -0.05) is 19.1 Å². The normalized spacial score (nSPS) is 11.7. The van der Waals surface area contributed by atoms with Crippen molar-refractivity contribution in [3.8, 4) is 0 Å². The molecule has 0 fully saturated rings. The molecule has 0 saturated carbocycles. The molecular formula is C13H17N3O4S. The van der Waals surface area contributed by atoms with Gasteiger partial charge in [-0.3, -0.25) is 18.7 Å². The van der Waals surface area contributed by atoms with Crippen LogP contribution in [-0.4, -0.2) is 29.7 Å². The van der Waals surface area contributed by atoms with Crippen molar-refractivity contribution in [2.75, 3.05) is 6.26 Å². The van der Waals surface area contributed by atoms with E-state index in [1.807, 2.05) is 17.7 Å². The van der Waals surface area contributed by atoms with E-state index in [1.54, 1.807) is 22.8 Å². The number of rotatable bonds is 5. The molecule has 0 unspecified atom stereocenters. The quantitative estimate of drug-likeness (QED) is 0.859. The average molecular weight is 311 g/mol. The Bertz CT molecular complexity index is 833. The van der Waals surface area contributed by atoms with Crippen LogP contribution in [-0.2, 0) is 27.9 Å². The molecule has 1 heterocycles. The number of aryl methyl sites for hydroxylation is 1. The van der Waals surface area contributed by atoms with Gasteiger partial charge in [0, 0.05) is 6.54 Å². The summed E-state index contributed by atoms with van der Waals surface area (Å²) in [5, 5.41) is 0. The number of benzene rings is 1. The Hall–Kier alpha value is -2.09. The smallest absolute Gasteiger partial charge is 0.292 e. The summed E-state index contributed by atoms with van der Waals surface area (Å²) in [7, 11) is -3.63. The van der Waals surface area contributed by atoms with E-state index < -0.39 is 15.9 Å². The van der Waals surface area contributed by atoms with E-state index in [9.17, 15) is 18.0 Å². The number of aromatic nitrogens is 2. The lowest BCUT2D eigenvalue weighted by molar-refractivity contribution is -0.119. The zero-order chi connectivity index (χ0) is 15.6. The molecule has 1 aromatic heterocycles. The third kappa shape index (κ3) is 3.33. The summed E-state index contributed by atoms with van der Waals surface area (Å²) in [4.78, 5) is 24.1. The standard InChI is InChI=1S/C13H17N3O4S/c1-3-8-15-10-6-4-5-7-11(10)16(13(15)18)9-12(17)14-21(2,19)20/h4-7H,3,8-9H2,1-2H3,(H,14,17). The van der Waals surface area contributed by atoms with Gasteiger partial charge < -0.3 is 0 Å². The Balaban J connectivity index is 2.47. The van der Waals surface area contributed by atoms with Crippen LogP contribution in [0, 0.1) is 0 Å². The van der Waals surface area contributed by atoms with Crippen molar-refractivity contribution in [2.45, 2.75) is 26.4 Å². The number of carbonyl (C=O) groups excluding carboxylic acids is 1. The highest BCUT2D eigenvalue weighted by molar-refractivity contribution is 7.89. The first-order valence-corrected chi connectivity index (χ1v) is 8.41. The molecule has 2 aromatic rings. The van der Waals surface area contributed by atoms with Gasteiger partial charge in [-0.15, -0.1) is 0 Å². The maximum Gasteiger partial charge on any atom is 0.329 e. The molecular weight excluding hydrogens is 294 g/mol.